The summed E-state index contributed by atoms with van der Waals surface area (Å²) in [5.41, 5.74) is 0.501. The van der Waals surface area contributed by atoms with Crippen molar-refractivity contribution in [3.05, 3.63) is 23.8 Å². The predicted octanol–water partition coefficient (Wildman–Crippen LogP) is 1.04. The van der Waals surface area contributed by atoms with Crippen LogP contribution in [0.25, 0.3) is 0 Å². The number of likely N-dealkylation sites (N-methyl/N-ethyl adjacent to an activating group) is 1. The average Bonchev–Trinajstić information content (AvgIpc) is 2.43. The number of amides is 1. The second kappa shape index (κ2) is 6.86. The lowest BCUT2D eigenvalue weighted by atomic mass is 10.1. The SMILES string of the molecule is CNC(C)CNC(=O)c1ccc(OC)cc1OC. The van der Waals surface area contributed by atoms with Crippen molar-refractivity contribution in [2.75, 3.05) is 27.8 Å². The molecule has 1 rings (SSSR count). The largest absolute Gasteiger partial charge is 0.497 e. The Morgan fingerprint density at radius 2 is 2.06 bits per heavy atom. The Morgan fingerprint density at radius 1 is 1.33 bits per heavy atom. The van der Waals surface area contributed by atoms with Crippen LogP contribution in [0.1, 0.15) is 17.3 Å². The summed E-state index contributed by atoms with van der Waals surface area (Å²) < 4.78 is 10.3. The molecule has 1 atom stereocenters. The van der Waals surface area contributed by atoms with Gasteiger partial charge in [0.15, 0.2) is 0 Å². The van der Waals surface area contributed by atoms with Crippen molar-refractivity contribution >= 4 is 5.91 Å². The number of benzene rings is 1. The van der Waals surface area contributed by atoms with Gasteiger partial charge in [-0.2, -0.15) is 0 Å². The number of nitrogens with one attached hydrogen (secondary N) is 2. The minimum Gasteiger partial charge on any atom is -0.497 e. The third kappa shape index (κ3) is 3.63. The first-order chi connectivity index (χ1) is 8.62. The maximum atomic E-state index is 12.0. The molecule has 100 valence electrons. The molecular formula is C13H20N2O3. The fourth-order valence-corrected chi connectivity index (χ4v) is 1.43. The van der Waals surface area contributed by atoms with Crippen LogP contribution in [0.4, 0.5) is 0 Å². The summed E-state index contributed by atoms with van der Waals surface area (Å²) in [6.45, 7) is 2.55. The summed E-state index contributed by atoms with van der Waals surface area (Å²) in [6.07, 6.45) is 0. The van der Waals surface area contributed by atoms with Crippen LogP contribution in [-0.2, 0) is 0 Å². The van der Waals surface area contributed by atoms with E-state index in [9.17, 15) is 4.79 Å². The lowest BCUT2D eigenvalue weighted by Crippen LogP contribution is -2.37. The van der Waals surface area contributed by atoms with Crippen molar-refractivity contribution in [3.8, 4) is 11.5 Å². The normalized spacial score (nSPS) is 11.8. The molecule has 18 heavy (non-hydrogen) atoms. The zero-order chi connectivity index (χ0) is 13.5. The van der Waals surface area contributed by atoms with Gasteiger partial charge in [-0.1, -0.05) is 0 Å². The van der Waals surface area contributed by atoms with Crippen LogP contribution in [0, 0.1) is 0 Å². The molecule has 0 radical (unpaired) electrons. The van der Waals surface area contributed by atoms with Crippen LogP contribution < -0.4 is 20.1 Å². The van der Waals surface area contributed by atoms with Crippen LogP contribution in [-0.4, -0.2) is 39.8 Å². The molecule has 2 N–H and O–H groups in total. The highest BCUT2D eigenvalue weighted by Gasteiger charge is 2.13. The van der Waals surface area contributed by atoms with Gasteiger partial charge in [0.05, 0.1) is 19.8 Å². The Hall–Kier alpha value is -1.75. The Morgan fingerprint density at radius 3 is 2.61 bits per heavy atom. The minimum absolute atomic E-state index is 0.156. The predicted molar refractivity (Wildman–Crippen MR) is 70.4 cm³/mol. The van der Waals surface area contributed by atoms with E-state index in [0.717, 1.165) is 0 Å². The molecule has 5 nitrogen and oxygen atoms in total. The summed E-state index contributed by atoms with van der Waals surface area (Å²) in [6, 6.07) is 5.34. The van der Waals surface area contributed by atoms with Crippen LogP contribution in [0.3, 0.4) is 0 Å². The van der Waals surface area contributed by atoms with E-state index in [1.165, 1.54) is 7.11 Å². The first-order valence-electron chi connectivity index (χ1n) is 5.79. The second-order valence-electron chi connectivity index (χ2n) is 3.97. The van der Waals surface area contributed by atoms with Crippen LogP contribution in [0.15, 0.2) is 18.2 Å². The van der Waals surface area contributed by atoms with E-state index >= 15 is 0 Å². The Bertz CT molecular complexity index is 407. The van der Waals surface area contributed by atoms with Gasteiger partial charge >= 0.3 is 0 Å². The maximum Gasteiger partial charge on any atom is 0.255 e. The van der Waals surface area contributed by atoms with Gasteiger partial charge in [0.1, 0.15) is 11.5 Å². The molecule has 0 saturated heterocycles. The summed E-state index contributed by atoms with van der Waals surface area (Å²) in [7, 11) is 4.95. The molecule has 0 heterocycles. The van der Waals surface area contributed by atoms with Crippen molar-refractivity contribution in [2.24, 2.45) is 0 Å². The fourth-order valence-electron chi connectivity index (χ4n) is 1.43. The lowest BCUT2D eigenvalue weighted by molar-refractivity contribution is 0.0947. The number of methoxy groups -OCH3 is 2. The summed E-state index contributed by atoms with van der Waals surface area (Å²) in [4.78, 5) is 12.0. The summed E-state index contributed by atoms with van der Waals surface area (Å²) >= 11 is 0. The van der Waals surface area contributed by atoms with Crippen molar-refractivity contribution in [2.45, 2.75) is 13.0 Å². The number of ether oxygens (including phenoxy) is 2. The van der Waals surface area contributed by atoms with Crippen molar-refractivity contribution in [3.63, 3.8) is 0 Å². The Balaban J connectivity index is 2.78. The van der Waals surface area contributed by atoms with Crippen LogP contribution in [0.2, 0.25) is 0 Å². The van der Waals surface area contributed by atoms with Gasteiger partial charge in [-0.15, -0.1) is 0 Å². The number of carbonyl (C=O) groups is 1. The van der Waals surface area contributed by atoms with Crippen molar-refractivity contribution < 1.29 is 14.3 Å². The molecule has 0 aromatic heterocycles. The van der Waals surface area contributed by atoms with Gasteiger partial charge in [0.2, 0.25) is 0 Å². The molecule has 0 fully saturated rings. The average molecular weight is 252 g/mol. The van der Waals surface area contributed by atoms with Crippen LogP contribution in [0.5, 0.6) is 11.5 Å². The Kier molecular flexibility index (Phi) is 5.45. The molecule has 0 saturated carbocycles. The van der Waals surface area contributed by atoms with E-state index in [0.29, 0.717) is 23.6 Å². The monoisotopic (exact) mass is 252 g/mol. The molecule has 1 amide bonds. The third-order valence-electron chi connectivity index (χ3n) is 2.71. The van der Waals surface area contributed by atoms with Gasteiger partial charge in [-0.3, -0.25) is 4.79 Å². The number of hydrogen-bond donors (Lipinski definition) is 2. The molecule has 0 spiro atoms. The Labute approximate surface area is 107 Å². The van der Waals surface area contributed by atoms with E-state index in [-0.39, 0.29) is 11.9 Å². The van der Waals surface area contributed by atoms with Gasteiger partial charge < -0.3 is 20.1 Å². The zero-order valence-corrected chi connectivity index (χ0v) is 11.2. The first-order valence-corrected chi connectivity index (χ1v) is 5.79. The van der Waals surface area contributed by atoms with Crippen molar-refractivity contribution in [1.82, 2.24) is 10.6 Å². The smallest absolute Gasteiger partial charge is 0.255 e. The van der Waals surface area contributed by atoms with E-state index in [4.69, 9.17) is 9.47 Å². The second-order valence-corrected chi connectivity index (χ2v) is 3.97. The topological polar surface area (TPSA) is 59.6 Å². The number of hydrogen-bond acceptors (Lipinski definition) is 4. The molecule has 5 heteroatoms. The van der Waals surface area contributed by atoms with Crippen molar-refractivity contribution in [1.29, 1.82) is 0 Å². The molecular weight excluding hydrogens is 232 g/mol. The van der Waals surface area contributed by atoms with E-state index in [2.05, 4.69) is 10.6 Å². The highest BCUT2D eigenvalue weighted by atomic mass is 16.5. The van der Waals surface area contributed by atoms with E-state index in [1.54, 1.807) is 25.3 Å². The summed E-state index contributed by atoms with van der Waals surface area (Å²) in [5.74, 6) is 1.01. The molecule has 0 aliphatic carbocycles. The van der Waals surface area contributed by atoms with E-state index < -0.39 is 0 Å². The highest BCUT2D eigenvalue weighted by molar-refractivity contribution is 5.97. The molecule has 0 aliphatic rings. The van der Waals surface area contributed by atoms with Gasteiger partial charge in [0, 0.05) is 18.7 Å². The zero-order valence-electron chi connectivity index (χ0n) is 11.2. The quantitative estimate of drug-likeness (QED) is 0.794. The van der Waals surface area contributed by atoms with Crippen LogP contribution >= 0.6 is 0 Å². The molecule has 1 aromatic carbocycles. The molecule has 0 bridgehead atoms. The standard InChI is InChI=1S/C13H20N2O3/c1-9(14-2)8-15-13(16)11-6-5-10(17-3)7-12(11)18-4/h5-7,9,14H,8H2,1-4H3,(H,15,16). The third-order valence-corrected chi connectivity index (χ3v) is 2.71. The maximum absolute atomic E-state index is 12.0. The fraction of sp³-hybridized carbons (Fsp3) is 0.462. The van der Waals surface area contributed by atoms with E-state index in [1.807, 2.05) is 14.0 Å². The van der Waals surface area contributed by atoms with Gasteiger partial charge in [0.25, 0.3) is 5.91 Å². The molecule has 0 aliphatic heterocycles. The molecule has 1 unspecified atom stereocenters. The first kappa shape index (κ1) is 14.3. The molecule has 1 aromatic rings. The minimum atomic E-state index is -0.156. The van der Waals surface area contributed by atoms with Gasteiger partial charge in [-0.05, 0) is 26.1 Å². The summed E-state index contributed by atoms with van der Waals surface area (Å²) in [5, 5.41) is 5.89. The number of carbonyl (C=O) groups excluding carboxylic acids is 1. The number of rotatable bonds is 6. The lowest BCUT2D eigenvalue weighted by Gasteiger charge is -2.13. The highest BCUT2D eigenvalue weighted by Crippen LogP contribution is 2.24. The van der Waals surface area contributed by atoms with Gasteiger partial charge in [-0.25, -0.2) is 0 Å².